The van der Waals surface area contributed by atoms with Gasteiger partial charge in [0.25, 0.3) is 5.91 Å². The molecule has 0 bridgehead atoms. The van der Waals surface area contributed by atoms with E-state index in [4.69, 9.17) is 27.9 Å². The number of hydrogen-bond donors (Lipinski definition) is 1. The van der Waals surface area contributed by atoms with Gasteiger partial charge in [-0.15, -0.1) is 0 Å². The topological polar surface area (TPSA) is 68.3 Å². The number of anilines is 1. The number of ketones is 1. The number of pyridine rings is 1. The molecule has 1 amide bonds. The van der Waals surface area contributed by atoms with Gasteiger partial charge in [0.2, 0.25) is 5.88 Å². The van der Waals surface area contributed by atoms with Crippen molar-refractivity contribution < 1.29 is 14.3 Å². The number of nitrogens with zero attached hydrogens (tertiary/aromatic N) is 1. The second-order valence-corrected chi connectivity index (χ2v) is 6.47. The Labute approximate surface area is 165 Å². The fraction of sp³-hybridized carbons (Fsp3) is 0.0500. The van der Waals surface area contributed by atoms with Gasteiger partial charge in [0.15, 0.2) is 5.78 Å². The van der Waals surface area contributed by atoms with Gasteiger partial charge in [0.05, 0.1) is 21.9 Å². The molecule has 0 aliphatic heterocycles. The number of benzene rings is 2. The highest BCUT2D eigenvalue weighted by Gasteiger charge is 2.09. The van der Waals surface area contributed by atoms with Crippen LogP contribution in [0.3, 0.4) is 0 Å². The summed E-state index contributed by atoms with van der Waals surface area (Å²) in [4.78, 5) is 27.8. The van der Waals surface area contributed by atoms with Crippen molar-refractivity contribution >= 4 is 40.6 Å². The van der Waals surface area contributed by atoms with E-state index in [-0.39, 0.29) is 11.7 Å². The number of halogens is 2. The first kappa shape index (κ1) is 18.9. The molecular formula is C20H14Cl2N2O3. The average molecular weight is 401 g/mol. The van der Waals surface area contributed by atoms with Crippen molar-refractivity contribution in [3.8, 4) is 11.6 Å². The minimum absolute atomic E-state index is 0.0474. The monoisotopic (exact) mass is 400 g/mol. The normalized spacial score (nSPS) is 10.3. The maximum atomic E-state index is 12.3. The van der Waals surface area contributed by atoms with Crippen LogP contribution in [0.25, 0.3) is 0 Å². The third-order valence-corrected chi connectivity index (χ3v) is 4.38. The van der Waals surface area contributed by atoms with E-state index in [2.05, 4.69) is 10.3 Å². The van der Waals surface area contributed by atoms with Crippen LogP contribution in [-0.2, 0) is 0 Å². The minimum atomic E-state index is -0.335. The summed E-state index contributed by atoms with van der Waals surface area (Å²) in [6, 6.07) is 14.7. The molecule has 0 saturated heterocycles. The number of hydrogen-bond acceptors (Lipinski definition) is 4. The van der Waals surface area contributed by atoms with Crippen LogP contribution >= 0.6 is 23.2 Å². The Kier molecular flexibility index (Phi) is 5.74. The summed E-state index contributed by atoms with van der Waals surface area (Å²) in [7, 11) is 0. The smallest absolute Gasteiger partial charge is 0.255 e. The average Bonchev–Trinajstić information content (AvgIpc) is 2.65. The van der Waals surface area contributed by atoms with Crippen LogP contribution < -0.4 is 10.1 Å². The van der Waals surface area contributed by atoms with Crippen molar-refractivity contribution in [1.82, 2.24) is 4.98 Å². The van der Waals surface area contributed by atoms with E-state index in [9.17, 15) is 9.59 Å². The van der Waals surface area contributed by atoms with E-state index in [0.29, 0.717) is 38.5 Å². The Balaban J connectivity index is 1.68. The molecule has 5 nitrogen and oxygen atoms in total. The van der Waals surface area contributed by atoms with E-state index in [1.165, 1.54) is 19.2 Å². The lowest BCUT2D eigenvalue weighted by molar-refractivity contribution is 0.101. The molecule has 3 rings (SSSR count). The predicted molar refractivity (Wildman–Crippen MR) is 105 cm³/mol. The highest BCUT2D eigenvalue weighted by atomic mass is 35.5. The lowest BCUT2D eigenvalue weighted by atomic mass is 10.1. The van der Waals surface area contributed by atoms with Gasteiger partial charge in [-0.05, 0) is 43.3 Å². The summed E-state index contributed by atoms with van der Waals surface area (Å²) < 4.78 is 5.63. The number of Topliss-reactive ketones (excluding diaryl/α,β-unsaturated/α-hetero) is 1. The predicted octanol–water partition coefficient (Wildman–Crippen LogP) is 5.64. The molecular weight excluding hydrogens is 387 g/mol. The van der Waals surface area contributed by atoms with Crippen molar-refractivity contribution in [2.24, 2.45) is 0 Å². The molecule has 1 aromatic heterocycles. The van der Waals surface area contributed by atoms with E-state index in [1.807, 2.05) is 0 Å². The minimum Gasteiger partial charge on any atom is -0.439 e. The van der Waals surface area contributed by atoms with Gasteiger partial charge in [-0.1, -0.05) is 35.3 Å². The van der Waals surface area contributed by atoms with Gasteiger partial charge in [-0.3, -0.25) is 9.59 Å². The number of amides is 1. The molecule has 0 radical (unpaired) electrons. The van der Waals surface area contributed by atoms with Crippen molar-refractivity contribution in [1.29, 1.82) is 0 Å². The Morgan fingerprint density at radius 2 is 1.78 bits per heavy atom. The molecule has 0 aliphatic carbocycles. The number of carbonyl (C=O) groups excluding carboxylic acids is 2. The summed E-state index contributed by atoms with van der Waals surface area (Å²) in [5.41, 5.74) is 1.43. The molecule has 2 aromatic carbocycles. The Hall–Kier alpha value is -2.89. The Morgan fingerprint density at radius 3 is 2.44 bits per heavy atom. The van der Waals surface area contributed by atoms with E-state index >= 15 is 0 Å². The lowest BCUT2D eigenvalue weighted by Crippen LogP contribution is -2.12. The lowest BCUT2D eigenvalue weighted by Gasteiger charge is -2.08. The molecule has 0 spiro atoms. The third-order valence-electron chi connectivity index (χ3n) is 3.64. The maximum absolute atomic E-state index is 12.3. The van der Waals surface area contributed by atoms with E-state index in [1.54, 1.807) is 48.5 Å². The van der Waals surface area contributed by atoms with E-state index < -0.39 is 0 Å². The van der Waals surface area contributed by atoms with Crippen LogP contribution in [0.2, 0.25) is 10.0 Å². The van der Waals surface area contributed by atoms with Crippen molar-refractivity contribution in [2.45, 2.75) is 6.92 Å². The van der Waals surface area contributed by atoms with Gasteiger partial charge < -0.3 is 10.1 Å². The summed E-state index contributed by atoms with van der Waals surface area (Å²) in [5.74, 6) is 0.456. The summed E-state index contributed by atoms with van der Waals surface area (Å²) in [6.45, 7) is 1.49. The SMILES string of the molecule is CC(=O)c1cccc(Oc2ccc(NC(=O)c3ccc(Cl)c(Cl)c3)cn2)c1. The fourth-order valence-corrected chi connectivity index (χ4v) is 2.55. The fourth-order valence-electron chi connectivity index (χ4n) is 2.25. The molecule has 0 saturated carbocycles. The quantitative estimate of drug-likeness (QED) is 0.562. The zero-order valence-corrected chi connectivity index (χ0v) is 15.7. The molecule has 0 atom stereocenters. The molecule has 0 unspecified atom stereocenters. The van der Waals surface area contributed by atoms with E-state index in [0.717, 1.165) is 0 Å². The zero-order valence-electron chi connectivity index (χ0n) is 14.2. The van der Waals surface area contributed by atoms with Gasteiger partial charge in [-0.25, -0.2) is 4.98 Å². The van der Waals surface area contributed by atoms with Crippen LogP contribution in [0.5, 0.6) is 11.6 Å². The van der Waals surface area contributed by atoms with Gasteiger partial charge in [0.1, 0.15) is 5.75 Å². The molecule has 0 aliphatic rings. The zero-order chi connectivity index (χ0) is 19.4. The van der Waals surface area contributed by atoms with Crippen molar-refractivity contribution in [2.75, 3.05) is 5.32 Å². The van der Waals surface area contributed by atoms with Crippen LogP contribution in [0.4, 0.5) is 5.69 Å². The summed E-state index contributed by atoms with van der Waals surface area (Å²) in [6.07, 6.45) is 1.47. The number of rotatable bonds is 5. The maximum Gasteiger partial charge on any atom is 0.255 e. The molecule has 7 heteroatoms. The van der Waals surface area contributed by atoms with Gasteiger partial charge in [0, 0.05) is 17.2 Å². The standard InChI is InChI=1S/C20H14Cl2N2O3/c1-12(25)13-3-2-4-16(9-13)27-19-8-6-15(11-23-19)24-20(26)14-5-7-17(21)18(22)10-14/h2-11H,1H3,(H,24,26). The second kappa shape index (κ2) is 8.20. The third kappa shape index (κ3) is 4.84. The highest BCUT2D eigenvalue weighted by molar-refractivity contribution is 6.42. The van der Waals surface area contributed by atoms with Crippen LogP contribution in [0.15, 0.2) is 60.8 Å². The number of ether oxygens (including phenoxy) is 1. The summed E-state index contributed by atoms with van der Waals surface area (Å²) in [5, 5.41) is 3.40. The summed E-state index contributed by atoms with van der Waals surface area (Å²) >= 11 is 11.8. The van der Waals surface area contributed by atoms with Crippen LogP contribution in [-0.4, -0.2) is 16.7 Å². The molecule has 27 heavy (non-hydrogen) atoms. The molecule has 3 aromatic rings. The van der Waals surface area contributed by atoms with Crippen LogP contribution in [0.1, 0.15) is 27.6 Å². The molecule has 0 fully saturated rings. The van der Waals surface area contributed by atoms with Gasteiger partial charge in [-0.2, -0.15) is 0 Å². The highest BCUT2D eigenvalue weighted by Crippen LogP contribution is 2.24. The molecule has 1 N–H and O–H groups in total. The van der Waals surface area contributed by atoms with Crippen molar-refractivity contribution in [3.63, 3.8) is 0 Å². The van der Waals surface area contributed by atoms with Crippen molar-refractivity contribution in [3.05, 3.63) is 82.0 Å². The second-order valence-electron chi connectivity index (χ2n) is 5.65. The Bertz CT molecular complexity index is 1000. The van der Waals surface area contributed by atoms with Gasteiger partial charge >= 0.3 is 0 Å². The molecule has 1 heterocycles. The number of aromatic nitrogens is 1. The number of carbonyl (C=O) groups is 2. The first-order chi connectivity index (χ1) is 12.9. The first-order valence-electron chi connectivity index (χ1n) is 7.94. The molecule has 136 valence electrons. The first-order valence-corrected chi connectivity index (χ1v) is 8.69. The Morgan fingerprint density at radius 1 is 0.963 bits per heavy atom. The van der Waals surface area contributed by atoms with Crippen LogP contribution in [0, 0.1) is 0 Å². The largest absolute Gasteiger partial charge is 0.439 e. The number of nitrogens with one attached hydrogen (secondary N) is 1.